The molecule has 2 rings (SSSR count). The van der Waals surface area contributed by atoms with Gasteiger partial charge < -0.3 is 20.3 Å². The average Bonchev–Trinajstić information content (AvgIpc) is 3.15. The Morgan fingerprint density at radius 2 is 2.00 bits per heavy atom. The topological polar surface area (TPSA) is 66.0 Å². The lowest BCUT2D eigenvalue weighted by molar-refractivity contribution is -0.129. The van der Waals surface area contributed by atoms with Crippen molar-refractivity contribution in [2.45, 2.75) is 53.0 Å². The van der Waals surface area contributed by atoms with Crippen molar-refractivity contribution in [1.82, 2.24) is 15.5 Å². The third-order valence-corrected chi connectivity index (χ3v) is 4.71. The third kappa shape index (κ3) is 9.23. The lowest BCUT2D eigenvalue weighted by Gasteiger charge is -2.18. The Morgan fingerprint density at radius 1 is 1.28 bits per heavy atom. The first kappa shape index (κ1) is 25.5. The molecule has 1 saturated heterocycles. The number of nitrogens with zero attached hydrogens (tertiary/aromatic N) is 2. The largest absolute Gasteiger partial charge is 0.493 e. The highest BCUT2D eigenvalue weighted by atomic mass is 127. The lowest BCUT2D eigenvalue weighted by Crippen LogP contribution is -2.45. The van der Waals surface area contributed by atoms with Crippen LogP contribution in [0, 0.1) is 5.92 Å². The van der Waals surface area contributed by atoms with Crippen LogP contribution in [0.25, 0.3) is 0 Å². The number of ether oxygens (including phenoxy) is 1. The van der Waals surface area contributed by atoms with Crippen LogP contribution >= 0.6 is 24.0 Å². The molecule has 0 aromatic heterocycles. The predicted molar refractivity (Wildman–Crippen MR) is 130 cm³/mol. The van der Waals surface area contributed by atoms with Gasteiger partial charge in [0.15, 0.2) is 5.96 Å². The summed E-state index contributed by atoms with van der Waals surface area (Å²) in [6.45, 7) is 12.1. The average molecular weight is 516 g/mol. The van der Waals surface area contributed by atoms with E-state index < -0.39 is 0 Å². The summed E-state index contributed by atoms with van der Waals surface area (Å²) in [6.07, 6.45) is 2.42. The molecule has 29 heavy (non-hydrogen) atoms. The second kappa shape index (κ2) is 13.7. The van der Waals surface area contributed by atoms with E-state index in [1.165, 1.54) is 5.56 Å². The summed E-state index contributed by atoms with van der Waals surface area (Å²) in [4.78, 5) is 18.5. The van der Waals surface area contributed by atoms with E-state index in [1.54, 1.807) is 0 Å². The maximum absolute atomic E-state index is 11.8. The van der Waals surface area contributed by atoms with Gasteiger partial charge in [0.05, 0.1) is 6.61 Å². The molecule has 1 atom stereocenters. The van der Waals surface area contributed by atoms with E-state index in [0.29, 0.717) is 18.9 Å². The highest BCUT2D eigenvalue weighted by Gasteiger charge is 2.25. The standard InChI is InChI=1S/C22H36N4O2.HI/c1-5-21(27)26-14-12-19(15-26)25-22(23-6-2)24-13-11-18-7-9-20(10-8-18)28-16-17(3)4;/h7-10,17,19H,5-6,11-16H2,1-4H3,(H2,23,24,25);1H. The molecular formula is C22H37IN4O2. The highest BCUT2D eigenvalue weighted by molar-refractivity contribution is 14.0. The van der Waals surface area contributed by atoms with E-state index in [-0.39, 0.29) is 35.9 Å². The zero-order chi connectivity index (χ0) is 20.4. The first-order chi connectivity index (χ1) is 13.5. The Kier molecular flexibility index (Phi) is 12.0. The van der Waals surface area contributed by atoms with Crippen LogP contribution in [0.15, 0.2) is 29.3 Å². The molecule has 0 bridgehead atoms. The number of likely N-dealkylation sites (tertiary alicyclic amines) is 1. The van der Waals surface area contributed by atoms with Crippen molar-refractivity contribution >= 4 is 35.8 Å². The van der Waals surface area contributed by atoms with E-state index in [9.17, 15) is 4.79 Å². The van der Waals surface area contributed by atoms with Crippen molar-refractivity contribution < 1.29 is 9.53 Å². The van der Waals surface area contributed by atoms with Crippen molar-refractivity contribution in [3.63, 3.8) is 0 Å². The van der Waals surface area contributed by atoms with Crippen LogP contribution in [0.2, 0.25) is 0 Å². The molecule has 0 radical (unpaired) electrons. The van der Waals surface area contributed by atoms with Crippen LogP contribution in [-0.2, 0) is 11.2 Å². The summed E-state index contributed by atoms with van der Waals surface area (Å²) < 4.78 is 5.73. The van der Waals surface area contributed by atoms with Gasteiger partial charge in [0.2, 0.25) is 5.91 Å². The second-order valence-corrected chi connectivity index (χ2v) is 7.68. The van der Waals surface area contributed by atoms with Gasteiger partial charge >= 0.3 is 0 Å². The summed E-state index contributed by atoms with van der Waals surface area (Å²) in [6, 6.07) is 8.55. The number of carbonyl (C=O) groups is 1. The minimum absolute atomic E-state index is 0. The number of carbonyl (C=O) groups excluding carboxylic acids is 1. The first-order valence-electron chi connectivity index (χ1n) is 10.6. The van der Waals surface area contributed by atoms with E-state index in [4.69, 9.17) is 9.73 Å². The molecule has 0 saturated carbocycles. The van der Waals surface area contributed by atoms with Gasteiger partial charge in [-0.15, -0.1) is 24.0 Å². The fourth-order valence-corrected chi connectivity index (χ4v) is 3.15. The van der Waals surface area contributed by atoms with E-state index in [0.717, 1.165) is 50.8 Å². The van der Waals surface area contributed by atoms with Gasteiger partial charge in [-0.05, 0) is 43.4 Å². The summed E-state index contributed by atoms with van der Waals surface area (Å²) in [7, 11) is 0. The Labute approximate surface area is 192 Å². The SMILES string of the molecule is CCNC(=NCCc1ccc(OCC(C)C)cc1)NC1CCN(C(=O)CC)C1.I. The molecule has 1 fully saturated rings. The molecule has 7 heteroatoms. The summed E-state index contributed by atoms with van der Waals surface area (Å²) >= 11 is 0. The Balaban J connectivity index is 0.00000420. The number of aliphatic imine (C=N–C) groups is 1. The van der Waals surface area contributed by atoms with Gasteiger partial charge in [-0.1, -0.05) is 32.9 Å². The quantitative estimate of drug-likeness (QED) is 0.300. The molecule has 1 aromatic rings. The number of amides is 1. The molecule has 1 unspecified atom stereocenters. The number of guanidine groups is 1. The van der Waals surface area contributed by atoms with E-state index in [2.05, 4.69) is 43.5 Å². The van der Waals surface area contributed by atoms with Gasteiger partial charge in [0, 0.05) is 38.6 Å². The third-order valence-electron chi connectivity index (χ3n) is 4.71. The van der Waals surface area contributed by atoms with Crippen molar-refractivity contribution in [3.05, 3.63) is 29.8 Å². The molecule has 1 aromatic carbocycles. The molecule has 2 N–H and O–H groups in total. The molecule has 1 aliphatic heterocycles. The maximum atomic E-state index is 11.8. The van der Waals surface area contributed by atoms with Crippen molar-refractivity contribution in [3.8, 4) is 5.75 Å². The van der Waals surface area contributed by atoms with Crippen LogP contribution < -0.4 is 15.4 Å². The number of nitrogens with one attached hydrogen (secondary N) is 2. The summed E-state index contributed by atoms with van der Waals surface area (Å²) in [5.41, 5.74) is 1.25. The van der Waals surface area contributed by atoms with Crippen LogP contribution in [0.5, 0.6) is 5.75 Å². The van der Waals surface area contributed by atoms with Gasteiger partial charge in [-0.2, -0.15) is 0 Å². The number of rotatable bonds is 9. The van der Waals surface area contributed by atoms with Gasteiger partial charge in [-0.3, -0.25) is 9.79 Å². The first-order valence-corrected chi connectivity index (χ1v) is 10.6. The van der Waals surface area contributed by atoms with Crippen LogP contribution in [0.3, 0.4) is 0 Å². The van der Waals surface area contributed by atoms with Crippen molar-refractivity contribution in [2.75, 3.05) is 32.8 Å². The fourth-order valence-electron chi connectivity index (χ4n) is 3.15. The number of hydrogen-bond donors (Lipinski definition) is 2. The highest BCUT2D eigenvalue weighted by Crippen LogP contribution is 2.14. The normalized spacial score (nSPS) is 16.5. The molecule has 164 valence electrons. The van der Waals surface area contributed by atoms with Crippen molar-refractivity contribution in [1.29, 1.82) is 0 Å². The summed E-state index contributed by atoms with van der Waals surface area (Å²) in [5.74, 6) is 2.50. The number of benzene rings is 1. The Bertz CT molecular complexity index is 634. The van der Waals surface area contributed by atoms with Crippen LogP contribution in [-0.4, -0.2) is 55.6 Å². The van der Waals surface area contributed by atoms with Gasteiger partial charge in [-0.25, -0.2) is 0 Å². The lowest BCUT2D eigenvalue weighted by atomic mass is 10.1. The van der Waals surface area contributed by atoms with Crippen molar-refractivity contribution in [2.24, 2.45) is 10.9 Å². The minimum Gasteiger partial charge on any atom is -0.493 e. The number of halogens is 1. The van der Waals surface area contributed by atoms with E-state index >= 15 is 0 Å². The molecule has 0 aliphatic carbocycles. The second-order valence-electron chi connectivity index (χ2n) is 7.68. The Morgan fingerprint density at radius 3 is 2.62 bits per heavy atom. The zero-order valence-electron chi connectivity index (χ0n) is 18.2. The molecule has 1 aliphatic rings. The molecule has 1 amide bonds. The molecule has 0 spiro atoms. The van der Waals surface area contributed by atoms with Gasteiger partial charge in [0.25, 0.3) is 0 Å². The summed E-state index contributed by atoms with van der Waals surface area (Å²) in [5, 5.41) is 6.78. The van der Waals surface area contributed by atoms with Crippen LogP contribution in [0.4, 0.5) is 0 Å². The minimum atomic E-state index is 0. The van der Waals surface area contributed by atoms with E-state index in [1.807, 2.05) is 24.0 Å². The fraction of sp³-hybridized carbons (Fsp3) is 0.636. The predicted octanol–water partition coefficient (Wildman–Crippen LogP) is 3.45. The zero-order valence-corrected chi connectivity index (χ0v) is 20.6. The smallest absolute Gasteiger partial charge is 0.222 e. The molecular weight excluding hydrogens is 479 g/mol. The number of hydrogen-bond acceptors (Lipinski definition) is 3. The Hall–Kier alpha value is -1.51. The molecule has 1 heterocycles. The molecule has 6 nitrogen and oxygen atoms in total. The monoisotopic (exact) mass is 516 g/mol. The maximum Gasteiger partial charge on any atom is 0.222 e. The van der Waals surface area contributed by atoms with Crippen LogP contribution in [0.1, 0.15) is 46.1 Å². The van der Waals surface area contributed by atoms with Gasteiger partial charge in [0.1, 0.15) is 5.75 Å².